The minimum absolute atomic E-state index is 0.158. The summed E-state index contributed by atoms with van der Waals surface area (Å²) in [6, 6.07) is 7.87. The molecule has 0 radical (unpaired) electrons. The predicted octanol–water partition coefficient (Wildman–Crippen LogP) is 1.58. The lowest BCUT2D eigenvalue weighted by Crippen LogP contribution is -2.39. The molecule has 1 aliphatic rings. The lowest BCUT2D eigenvalue weighted by molar-refractivity contribution is -0.110. The van der Waals surface area contributed by atoms with Gasteiger partial charge in [-0.2, -0.15) is 0 Å². The van der Waals surface area contributed by atoms with Gasteiger partial charge in [0.1, 0.15) is 0 Å². The van der Waals surface area contributed by atoms with E-state index < -0.39 is 0 Å². The van der Waals surface area contributed by atoms with Crippen LogP contribution in [0.3, 0.4) is 0 Å². The van der Waals surface area contributed by atoms with E-state index in [1.807, 2.05) is 24.3 Å². The van der Waals surface area contributed by atoms with Gasteiger partial charge in [0, 0.05) is 18.8 Å². The molecule has 2 rings (SSSR count). The van der Waals surface area contributed by atoms with Gasteiger partial charge in [-0.25, -0.2) is 0 Å². The minimum Gasteiger partial charge on any atom is -0.366 e. The molecule has 4 nitrogen and oxygen atoms in total. The van der Waals surface area contributed by atoms with Crippen LogP contribution in [0.25, 0.3) is 0 Å². The molecular weight excluding hydrogens is 214 g/mol. The number of anilines is 1. The third-order valence-electron chi connectivity index (χ3n) is 2.73. The Labute approximate surface area is 101 Å². The van der Waals surface area contributed by atoms with Crippen molar-refractivity contribution in [2.24, 2.45) is 4.99 Å². The number of carbonyl (C=O) groups excluding carboxylic acids is 1. The van der Waals surface area contributed by atoms with E-state index in [-0.39, 0.29) is 5.91 Å². The maximum absolute atomic E-state index is 11.8. The van der Waals surface area contributed by atoms with E-state index in [1.54, 1.807) is 0 Å². The molecule has 2 N–H and O–H groups in total. The Kier molecular flexibility index (Phi) is 3.75. The largest absolute Gasteiger partial charge is 0.366 e. The normalized spacial score (nSPS) is 14.8. The standard InChI is InChI=1S/C13H17N3O/c1-2-10-4-6-11(7-5-10)16-13(17)12-14-8-3-9-15-12/h4-7H,2-3,8-9H2,1H3,(H,14,15)(H,16,17). The van der Waals surface area contributed by atoms with Crippen molar-refractivity contribution in [1.29, 1.82) is 0 Å². The van der Waals surface area contributed by atoms with Crippen molar-refractivity contribution < 1.29 is 4.79 Å². The van der Waals surface area contributed by atoms with E-state index in [4.69, 9.17) is 0 Å². The summed E-state index contributed by atoms with van der Waals surface area (Å²) in [4.78, 5) is 16.0. The van der Waals surface area contributed by atoms with Gasteiger partial charge < -0.3 is 10.6 Å². The molecule has 1 aliphatic heterocycles. The first-order valence-corrected chi connectivity index (χ1v) is 5.98. The number of aliphatic imine (C=N–C) groups is 1. The summed E-state index contributed by atoms with van der Waals surface area (Å²) in [5.41, 5.74) is 2.07. The third kappa shape index (κ3) is 3.06. The smallest absolute Gasteiger partial charge is 0.290 e. The number of nitrogens with one attached hydrogen (secondary N) is 2. The average molecular weight is 231 g/mol. The topological polar surface area (TPSA) is 53.5 Å². The number of hydrogen-bond acceptors (Lipinski definition) is 3. The average Bonchev–Trinajstić information content (AvgIpc) is 2.40. The van der Waals surface area contributed by atoms with E-state index in [0.29, 0.717) is 5.84 Å². The second-order valence-corrected chi connectivity index (χ2v) is 4.02. The molecular formula is C13H17N3O. The van der Waals surface area contributed by atoms with Crippen molar-refractivity contribution in [2.45, 2.75) is 19.8 Å². The summed E-state index contributed by atoms with van der Waals surface area (Å²) >= 11 is 0. The van der Waals surface area contributed by atoms with Crippen LogP contribution < -0.4 is 10.6 Å². The number of amidine groups is 1. The first kappa shape index (κ1) is 11.6. The number of benzene rings is 1. The Morgan fingerprint density at radius 3 is 2.76 bits per heavy atom. The molecule has 90 valence electrons. The van der Waals surface area contributed by atoms with Crippen molar-refractivity contribution in [3.8, 4) is 0 Å². The van der Waals surface area contributed by atoms with Gasteiger partial charge in [-0.05, 0) is 30.5 Å². The monoisotopic (exact) mass is 231 g/mol. The van der Waals surface area contributed by atoms with Crippen LogP contribution in [0, 0.1) is 0 Å². The zero-order valence-corrected chi connectivity index (χ0v) is 9.99. The molecule has 1 heterocycles. The second-order valence-electron chi connectivity index (χ2n) is 4.02. The quantitative estimate of drug-likeness (QED) is 0.829. The molecule has 0 bridgehead atoms. The van der Waals surface area contributed by atoms with Gasteiger partial charge in [0.05, 0.1) is 0 Å². The number of aryl methyl sites for hydroxylation is 1. The number of rotatable bonds is 3. The molecule has 0 fully saturated rings. The molecule has 0 unspecified atom stereocenters. The fourth-order valence-electron chi connectivity index (χ4n) is 1.70. The van der Waals surface area contributed by atoms with Gasteiger partial charge in [-0.1, -0.05) is 19.1 Å². The van der Waals surface area contributed by atoms with E-state index in [9.17, 15) is 4.79 Å². The molecule has 0 spiro atoms. The van der Waals surface area contributed by atoms with Crippen LogP contribution in [0.15, 0.2) is 29.3 Å². The summed E-state index contributed by atoms with van der Waals surface area (Å²) in [5.74, 6) is 0.282. The highest BCUT2D eigenvalue weighted by molar-refractivity contribution is 6.42. The van der Waals surface area contributed by atoms with Gasteiger partial charge in [0.2, 0.25) is 0 Å². The number of hydrogen-bond donors (Lipinski definition) is 2. The lowest BCUT2D eigenvalue weighted by Gasteiger charge is -2.14. The van der Waals surface area contributed by atoms with Crippen LogP contribution in [0.2, 0.25) is 0 Å². The first-order valence-electron chi connectivity index (χ1n) is 5.98. The van der Waals surface area contributed by atoms with Gasteiger partial charge in [0.15, 0.2) is 5.84 Å². The van der Waals surface area contributed by atoms with Crippen LogP contribution in [-0.4, -0.2) is 24.8 Å². The molecule has 17 heavy (non-hydrogen) atoms. The zero-order valence-electron chi connectivity index (χ0n) is 9.99. The molecule has 0 aromatic heterocycles. The van der Waals surface area contributed by atoms with E-state index in [0.717, 1.165) is 31.6 Å². The predicted molar refractivity (Wildman–Crippen MR) is 69.4 cm³/mol. The van der Waals surface area contributed by atoms with Crippen LogP contribution >= 0.6 is 0 Å². The van der Waals surface area contributed by atoms with Crippen molar-refractivity contribution >= 4 is 17.4 Å². The molecule has 0 atom stereocenters. The third-order valence-corrected chi connectivity index (χ3v) is 2.73. The first-order chi connectivity index (χ1) is 8.29. The van der Waals surface area contributed by atoms with Crippen LogP contribution in [0.5, 0.6) is 0 Å². The van der Waals surface area contributed by atoms with Crippen molar-refractivity contribution in [1.82, 2.24) is 5.32 Å². The maximum Gasteiger partial charge on any atom is 0.290 e. The number of amides is 1. The van der Waals surface area contributed by atoms with E-state index in [2.05, 4.69) is 22.5 Å². The Hall–Kier alpha value is -1.84. The van der Waals surface area contributed by atoms with E-state index in [1.165, 1.54) is 5.56 Å². The Morgan fingerprint density at radius 1 is 1.41 bits per heavy atom. The zero-order chi connectivity index (χ0) is 12.1. The maximum atomic E-state index is 11.8. The Balaban J connectivity index is 1.99. The summed E-state index contributed by atoms with van der Waals surface area (Å²) in [6.07, 6.45) is 1.99. The highest BCUT2D eigenvalue weighted by Gasteiger charge is 2.13. The van der Waals surface area contributed by atoms with E-state index >= 15 is 0 Å². The Morgan fingerprint density at radius 2 is 2.18 bits per heavy atom. The molecule has 4 heteroatoms. The van der Waals surface area contributed by atoms with Crippen LogP contribution in [0.4, 0.5) is 5.69 Å². The molecule has 0 aliphatic carbocycles. The molecule has 1 aromatic rings. The molecule has 1 aromatic carbocycles. The summed E-state index contributed by atoms with van der Waals surface area (Å²) in [5, 5.41) is 5.83. The Bertz CT molecular complexity index is 423. The summed E-state index contributed by atoms with van der Waals surface area (Å²) in [7, 11) is 0. The van der Waals surface area contributed by atoms with Crippen molar-refractivity contribution in [3.63, 3.8) is 0 Å². The number of carbonyl (C=O) groups is 1. The van der Waals surface area contributed by atoms with Crippen LogP contribution in [0.1, 0.15) is 18.9 Å². The van der Waals surface area contributed by atoms with Gasteiger partial charge in [-0.15, -0.1) is 0 Å². The molecule has 0 saturated carbocycles. The summed E-state index contributed by atoms with van der Waals surface area (Å²) < 4.78 is 0. The van der Waals surface area contributed by atoms with Gasteiger partial charge >= 0.3 is 0 Å². The van der Waals surface area contributed by atoms with Crippen molar-refractivity contribution in [2.75, 3.05) is 18.4 Å². The van der Waals surface area contributed by atoms with Crippen molar-refractivity contribution in [3.05, 3.63) is 29.8 Å². The van der Waals surface area contributed by atoms with Gasteiger partial charge in [-0.3, -0.25) is 9.79 Å². The SMILES string of the molecule is CCc1ccc(NC(=O)C2=NCCCN2)cc1. The lowest BCUT2D eigenvalue weighted by atomic mass is 10.1. The molecule has 1 amide bonds. The highest BCUT2D eigenvalue weighted by atomic mass is 16.2. The summed E-state index contributed by atoms with van der Waals surface area (Å²) in [6.45, 7) is 3.65. The highest BCUT2D eigenvalue weighted by Crippen LogP contribution is 2.10. The second kappa shape index (κ2) is 5.48. The fraction of sp³-hybridized carbons (Fsp3) is 0.385. The van der Waals surface area contributed by atoms with Gasteiger partial charge in [0.25, 0.3) is 5.91 Å². The molecule has 0 saturated heterocycles. The van der Waals surface area contributed by atoms with Crippen LogP contribution in [-0.2, 0) is 11.2 Å². The minimum atomic E-state index is -0.158. The fourth-order valence-corrected chi connectivity index (χ4v) is 1.70. The number of nitrogens with zero attached hydrogens (tertiary/aromatic N) is 1.